The Morgan fingerprint density at radius 3 is 2.56 bits per heavy atom. The van der Waals surface area contributed by atoms with E-state index in [1.807, 2.05) is 17.9 Å². The van der Waals surface area contributed by atoms with Crippen molar-refractivity contribution in [2.24, 2.45) is 0 Å². The van der Waals surface area contributed by atoms with E-state index in [0.29, 0.717) is 33.3 Å². The van der Waals surface area contributed by atoms with Gasteiger partial charge in [0.15, 0.2) is 0 Å². The van der Waals surface area contributed by atoms with Gasteiger partial charge in [-0.2, -0.15) is 0 Å². The van der Waals surface area contributed by atoms with Crippen molar-refractivity contribution < 1.29 is 14.7 Å². The van der Waals surface area contributed by atoms with E-state index in [4.69, 9.17) is 11.6 Å². The van der Waals surface area contributed by atoms with Crippen LogP contribution in [-0.4, -0.2) is 40.0 Å². The summed E-state index contributed by atoms with van der Waals surface area (Å²) in [6.45, 7) is 1.88. The normalized spacial score (nSPS) is 24.1. The fraction of sp³-hybridized carbons (Fsp3) is 0.400. The van der Waals surface area contributed by atoms with Gasteiger partial charge in [-0.15, -0.1) is 11.3 Å². The average molecular weight is 405 g/mol. The number of hydrogen-bond donors (Lipinski definition) is 2. The quantitative estimate of drug-likeness (QED) is 0.809. The maximum absolute atomic E-state index is 13.1. The molecule has 142 valence electrons. The predicted molar refractivity (Wildman–Crippen MR) is 107 cm³/mol. The van der Waals surface area contributed by atoms with Crippen LogP contribution in [0.25, 0.3) is 0 Å². The SMILES string of the molecule is Cc1cc(NC(=O)c2ccccc2Cl)sc1C(=O)N1C2CCC1CC(O)C2. The third-order valence-corrected chi connectivity index (χ3v) is 6.88. The van der Waals surface area contributed by atoms with E-state index in [-0.39, 0.29) is 30.0 Å². The van der Waals surface area contributed by atoms with Gasteiger partial charge in [0, 0.05) is 12.1 Å². The van der Waals surface area contributed by atoms with E-state index in [0.717, 1.165) is 18.4 Å². The van der Waals surface area contributed by atoms with Crippen LogP contribution in [0.15, 0.2) is 30.3 Å². The highest BCUT2D eigenvalue weighted by Gasteiger charge is 2.43. The fourth-order valence-electron chi connectivity index (χ4n) is 4.18. The zero-order valence-electron chi connectivity index (χ0n) is 14.9. The van der Waals surface area contributed by atoms with Crippen LogP contribution < -0.4 is 5.32 Å². The van der Waals surface area contributed by atoms with Crippen LogP contribution in [0.5, 0.6) is 0 Å². The van der Waals surface area contributed by atoms with Crippen LogP contribution >= 0.6 is 22.9 Å². The van der Waals surface area contributed by atoms with Gasteiger partial charge in [0.1, 0.15) is 0 Å². The molecule has 2 amide bonds. The molecule has 2 saturated heterocycles. The molecule has 0 saturated carbocycles. The van der Waals surface area contributed by atoms with E-state index >= 15 is 0 Å². The first kappa shape index (κ1) is 18.5. The number of thiophene rings is 1. The lowest BCUT2D eigenvalue weighted by Crippen LogP contribution is -2.47. The van der Waals surface area contributed by atoms with Crippen LogP contribution in [0.2, 0.25) is 5.02 Å². The molecular formula is C20H21ClN2O3S. The maximum Gasteiger partial charge on any atom is 0.264 e. The first-order chi connectivity index (χ1) is 12.9. The Morgan fingerprint density at radius 1 is 1.22 bits per heavy atom. The standard InChI is InChI=1S/C20H21ClN2O3S/c1-11-8-17(22-19(25)15-4-2-3-5-16(15)21)27-18(11)20(26)23-12-6-7-13(23)10-14(24)9-12/h2-5,8,12-14,24H,6-7,9-10H2,1H3,(H,22,25). The van der Waals surface area contributed by atoms with Crippen LogP contribution in [0, 0.1) is 6.92 Å². The molecule has 4 rings (SSSR count). The Balaban J connectivity index is 1.53. The highest BCUT2D eigenvalue weighted by Crippen LogP contribution is 2.39. The number of aryl methyl sites for hydroxylation is 1. The van der Waals surface area contributed by atoms with Gasteiger partial charge in [-0.3, -0.25) is 9.59 Å². The van der Waals surface area contributed by atoms with Crippen LogP contribution in [0.3, 0.4) is 0 Å². The number of rotatable bonds is 3. The Hall–Kier alpha value is -1.89. The smallest absolute Gasteiger partial charge is 0.264 e. The molecule has 1 aromatic heterocycles. The number of anilines is 1. The number of nitrogens with zero attached hydrogens (tertiary/aromatic N) is 1. The largest absolute Gasteiger partial charge is 0.393 e. The summed E-state index contributed by atoms with van der Waals surface area (Å²) in [6, 6.07) is 8.94. The van der Waals surface area contributed by atoms with Gasteiger partial charge in [-0.1, -0.05) is 23.7 Å². The summed E-state index contributed by atoms with van der Waals surface area (Å²) < 4.78 is 0. The number of carbonyl (C=O) groups excluding carboxylic acids is 2. The molecule has 5 nitrogen and oxygen atoms in total. The summed E-state index contributed by atoms with van der Waals surface area (Å²) in [5, 5.41) is 13.8. The lowest BCUT2D eigenvalue weighted by Gasteiger charge is -2.37. The minimum Gasteiger partial charge on any atom is -0.393 e. The summed E-state index contributed by atoms with van der Waals surface area (Å²) >= 11 is 7.38. The molecule has 7 heteroatoms. The van der Waals surface area contributed by atoms with Crippen LogP contribution in [0.1, 0.15) is 51.3 Å². The number of benzene rings is 1. The van der Waals surface area contributed by atoms with Crippen LogP contribution in [0.4, 0.5) is 5.00 Å². The minimum absolute atomic E-state index is 0.00939. The summed E-state index contributed by atoms with van der Waals surface area (Å²) in [4.78, 5) is 28.2. The highest BCUT2D eigenvalue weighted by molar-refractivity contribution is 7.18. The van der Waals surface area contributed by atoms with E-state index in [2.05, 4.69) is 5.32 Å². The third-order valence-electron chi connectivity index (χ3n) is 5.41. The topological polar surface area (TPSA) is 69.6 Å². The number of carbonyl (C=O) groups is 2. The highest BCUT2D eigenvalue weighted by atomic mass is 35.5. The number of aliphatic hydroxyl groups is 1. The van der Waals surface area contributed by atoms with E-state index < -0.39 is 0 Å². The van der Waals surface area contributed by atoms with Gasteiger partial charge in [-0.25, -0.2) is 0 Å². The average Bonchev–Trinajstić information content (AvgIpc) is 3.12. The first-order valence-electron chi connectivity index (χ1n) is 9.11. The number of amides is 2. The van der Waals surface area contributed by atoms with E-state index in [1.165, 1.54) is 11.3 Å². The van der Waals surface area contributed by atoms with Crippen molar-refractivity contribution in [3.63, 3.8) is 0 Å². The number of aliphatic hydroxyl groups excluding tert-OH is 1. The van der Waals surface area contributed by atoms with Gasteiger partial charge in [-0.05, 0) is 56.4 Å². The Kier molecular flexibility index (Phi) is 4.97. The second-order valence-electron chi connectivity index (χ2n) is 7.28. The molecule has 2 bridgehead atoms. The van der Waals surface area contributed by atoms with Gasteiger partial charge >= 0.3 is 0 Å². The van der Waals surface area contributed by atoms with Crippen molar-refractivity contribution in [1.82, 2.24) is 4.90 Å². The molecule has 2 aliphatic heterocycles. The number of fused-ring (bicyclic) bond motifs is 2. The van der Waals surface area contributed by atoms with E-state index in [1.54, 1.807) is 24.3 Å². The molecule has 2 atom stereocenters. The first-order valence-corrected chi connectivity index (χ1v) is 10.3. The number of nitrogens with one attached hydrogen (secondary N) is 1. The second kappa shape index (κ2) is 7.26. The van der Waals surface area contributed by atoms with Gasteiger partial charge < -0.3 is 15.3 Å². The van der Waals surface area contributed by atoms with Crippen molar-refractivity contribution in [2.75, 3.05) is 5.32 Å². The van der Waals surface area contributed by atoms with Crippen molar-refractivity contribution in [3.8, 4) is 0 Å². The molecule has 0 aliphatic carbocycles. The molecule has 2 fully saturated rings. The fourth-order valence-corrected chi connectivity index (χ4v) is 5.41. The van der Waals surface area contributed by atoms with Crippen molar-refractivity contribution in [3.05, 3.63) is 51.4 Å². The van der Waals surface area contributed by atoms with Gasteiger partial charge in [0.2, 0.25) is 0 Å². The zero-order valence-corrected chi connectivity index (χ0v) is 16.5. The predicted octanol–water partition coefficient (Wildman–Crippen LogP) is 4.09. The Morgan fingerprint density at radius 2 is 1.89 bits per heavy atom. The maximum atomic E-state index is 13.1. The molecule has 0 radical (unpaired) electrons. The summed E-state index contributed by atoms with van der Waals surface area (Å²) in [5.74, 6) is -0.280. The lowest BCUT2D eigenvalue weighted by atomic mass is 9.99. The molecule has 2 aromatic rings. The van der Waals surface area contributed by atoms with Crippen molar-refractivity contribution in [1.29, 1.82) is 0 Å². The molecule has 2 N–H and O–H groups in total. The third kappa shape index (κ3) is 3.49. The summed E-state index contributed by atoms with van der Waals surface area (Å²) in [5.41, 5.74) is 1.26. The van der Waals surface area contributed by atoms with Gasteiger partial charge in [0.25, 0.3) is 11.8 Å². The molecule has 0 spiro atoms. The number of hydrogen-bond acceptors (Lipinski definition) is 4. The molecular weight excluding hydrogens is 384 g/mol. The second-order valence-corrected chi connectivity index (χ2v) is 8.74. The Labute approximate surface area is 166 Å². The summed E-state index contributed by atoms with van der Waals surface area (Å²) in [6.07, 6.45) is 2.91. The van der Waals surface area contributed by atoms with Crippen molar-refractivity contribution >= 4 is 39.8 Å². The molecule has 2 unspecified atom stereocenters. The molecule has 3 heterocycles. The van der Waals surface area contributed by atoms with Gasteiger partial charge in [0.05, 0.1) is 26.6 Å². The number of piperidine rings is 1. The van der Waals surface area contributed by atoms with Crippen molar-refractivity contribution in [2.45, 2.75) is 50.8 Å². The minimum atomic E-state index is -0.304. The zero-order chi connectivity index (χ0) is 19.1. The van der Waals surface area contributed by atoms with Crippen LogP contribution in [-0.2, 0) is 0 Å². The van der Waals surface area contributed by atoms with E-state index in [9.17, 15) is 14.7 Å². The molecule has 27 heavy (non-hydrogen) atoms. The summed E-state index contributed by atoms with van der Waals surface area (Å²) in [7, 11) is 0. The number of halogens is 1. The monoisotopic (exact) mass is 404 g/mol. The molecule has 1 aromatic carbocycles. The molecule has 2 aliphatic rings. The Bertz CT molecular complexity index is 883. The lowest BCUT2D eigenvalue weighted by molar-refractivity contribution is 0.0290.